The fraction of sp³-hybridized carbons (Fsp3) is 0.588. The van der Waals surface area contributed by atoms with Gasteiger partial charge in [0.2, 0.25) is 10.0 Å². The van der Waals surface area contributed by atoms with Gasteiger partial charge in [-0.3, -0.25) is 4.79 Å². The first-order valence-corrected chi connectivity index (χ1v) is 9.91. The van der Waals surface area contributed by atoms with Crippen molar-refractivity contribution in [2.24, 2.45) is 0 Å². The first kappa shape index (κ1) is 18.7. The van der Waals surface area contributed by atoms with E-state index in [2.05, 4.69) is 5.32 Å². The SMILES string of the molecule is CCCNC(=O)c1cc(S(=O)(=O)N2CCCCCC2)ccc1OC. The summed E-state index contributed by atoms with van der Waals surface area (Å²) in [5.74, 6) is 0.0556. The molecule has 1 aliphatic rings. The highest BCUT2D eigenvalue weighted by Gasteiger charge is 2.27. The van der Waals surface area contributed by atoms with Gasteiger partial charge in [0, 0.05) is 19.6 Å². The van der Waals surface area contributed by atoms with Crippen LogP contribution < -0.4 is 10.1 Å². The Kier molecular flexibility index (Phi) is 6.62. The molecule has 134 valence electrons. The van der Waals surface area contributed by atoms with Gasteiger partial charge in [0.1, 0.15) is 5.75 Å². The number of carbonyl (C=O) groups excluding carboxylic acids is 1. The van der Waals surface area contributed by atoms with Gasteiger partial charge in [-0.05, 0) is 37.5 Å². The second kappa shape index (κ2) is 8.48. The Morgan fingerprint density at radius 2 is 1.88 bits per heavy atom. The Balaban J connectivity index is 2.34. The number of ether oxygens (including phenoxy) is 1. The largest absolute Gasteiger partial charge is 0.496 e. The molecule has 1 heterocycles. The molecule has 1 saturated heterocycles. The molecule has 1 aromatic carbocycles. The van der Waals surface area contributed by atoms with Crippen LogP contribution in [0.25, 0.3) is 0 Å². The molecule has 1 fully saturated rings. The molecule has 6 nitrogen and oxygen atoms in total. The van der Waals surface area contributed by atoms with Gasteiger partial charge in [-0.1, -0.05) is 19.8 Å². The van der Waals surface area contributed by atoms with E-state index in [0.717, 1.165) is 32.1 Å². The number of carbonyl (C=O) groups is 1. The maximum atomic E-state index is 12.9. The van der Waals surface area contributed by atoms with Crippen molar-refractivity contribution in [3.05, 3.63) is 23.8 Å². The van der Waals surface area contributed by atoms with Crippen molar-refractivity contribution in [2.45, 2.75) is 43.9 Å². The van der Waals surface area contributed by atoms with Gasteiger partial charge in [-0.2, -0.15) is 4.31 Å². The van der Waals surface area contributed by atoms with Gasteiger partial charge in [0.15, 0.2) is 0 Å². The number of hydrogen-bond donors (Lipinski definition) is 1. The van der Waals surface area contributed by atoms with Crippen LogP contribution in [0, 0.1) is 0 Å². The summed E-state index contributed by atoms with van der Waals surface area (Å²) in [7, 11) is -2.12. The zero-order valence-electron chi connectivity index (χ0n) is 14.4. The first-order chi connectivity index (χ1) is 11.5. The monoisotopic (exact) mass is 354 g/mol. The predicted molar refractivity (Wildman–Crippen MR) is 92.8 cm³/mol. The highest BCUT2D eigenvalue weighted by molar-refractivity contribution is 7.89. The topological polar surface area (TPSA) is 75.7 Å². The summed E-state index contributed by atoms with van der Waals surface area (Å²) in [5.41, 5.74) is 0.252. The number of rotatable bonds is 6. The lowest BCUT2D eigenvalue weighted by atomic mass is 10.2. The van der Waals surface area contributed by atoms with Gasteiger partial charge in [-0.15, -0.1) is 0 Å². The molecule has 0 radical (unpaired) electrons. The van der Waals surface area contributed by atoms with E-state index in [9.17, 15) is 13.2 Å². The molecular formula is C17H26N2O4S. The molecule has 2 rings (SSSR count). The molecule has 0 aromatic heterocycles. The molecule has 0 saturated carbocycles. The number of nitrogens with zero attached hydrogens (tertiary/aromatic N) is 1. The van der Waals surface area contributed by atoms with Crippen molar-refractivity contribution in [3.63, 3.8) is 0 Å². The summed E-state index contributed by atoms with van der Waals surface area (Å²) in [6.45, 7) is 3.56. The van der Waals surface area contributed by atoms with Crippen LogP contribution >= 0.6 is 0 Å². The molecule has 1 aliphatic heterocycles. The third-order valence-electron chi connectivity index (χ3n) is 4.15. The van der Waals surface area contributed by atoms with Gasteiger partial charge in [0.25, 0.3) is 5.91 Å². The van der Waals surface area contributed by atoms with Crippen molar-refractivity contribution in [2.75, 3.05) is 26.7 Å². The van der Waals surface area contributed by atoms with Crippen molar-refractivity contribution in [1.29, 1.82) is 0 Å². The molecule has 0 spiro atoms. The Morgan fingerprint density at radius 3 is 2.46 bits per heavy atom. The summed E-state index contributed by atoms with van der Waals surface area (Å²) in [5, 5.41) is 2.76. The molecule has 1 amide bonds. The van der Waals surface area contributed by atoms with Crippen LogP contribution in [0.5, 0.6) is 5.75 Å². The van der Waals surface area contributed by atoms with Crippen molar-refractivity contribution in [1.82, 2.24) is 9.62 Å². The van der Waals surface area contributed by atoms with Crippen LogP contribution in [0.15, 0.2) is 23.1 Å². The zero-order valence-corrected chi connectivity index (χ0v) is 15.2. The molecule has 24 heavy (non-hydrogen) atoms. The molecule has 0 aliphatic carbocycles. The quantitative estimate of drug-likeness (QED) is 0.851. The van der Waals surface area contributed by atoms with Crippen LogP contribution in [-0.4, -0.2) is 45.4 Å². The van der Waals surface area contributed by atoms with Gasteiger partial charge in [0.05, 0.1) is 17.6 Å². The van der Waals surface area contributed by atoms with Crippen LogP contribution in [0.2, 0.25) is 0 Å². The van der Waals surface area contributed by atoms with E-state index in [1.165, 1.54) is 23.5 Å². The summed E-state index contributed by atoms with van der Waals surface area (Å²) < 4.78 is 32.5. The number of amides is 1. The second-order valence-corrected chi connectivity index (χ2v) is 7.87. The highest BCUT2D eigenvalue weighted by atomic mass is 32.2. The highest BCUT2D eigenvalue weighted by Crippen LogP contribution is 2.26. The average molecular weight is 354 g/mol. The summed E-state index contributed by atoms with van der Waals surface area (Å²) in [6.07, 6.45) is 4.66. The van der Waals surface area contributed by atoms with Crippen molar-refractivity contribution < 1.29 is 17.9 Å². The number of nitrogens with one attached hydrogen (secondary N) is 1. The fourth-order valence-electron chi connectivity index (χ4n) is 2.79. The van der Waals surface area contributed by atoms with E-state index < -0.39 is 10.0 Å². The Hall–Kier alpha value is -1.60. The zero-order chi connectivity index (χ0) is 17.6. The van der Waals surface area contributed by atoms with E-state index in [4.69, 9.17) is 4.74 Å². The van der Waals surface area contributed by atoms with E-state index in [1.54, 1.807) is 6.07 Å². The third kappa shape index (κ3) is 4.27. The van der Waals surface area contributed by atoms with Crippen LogP contribution in [0.3, 0.4) is 0 Å². The van der Waals surface area contributed by atoms with Crippen LogP contribution in [0.1, 0.15) is 49.4 Å². The minimum absolute atomic E-state index is 0.145. The first-order valence-electron chi connectivity index (χ1n) is 8.47. The Labute approximate surface area is 144 Å². The lowest BCUT2D eigenvalue weighted by Gasteiger charge is -2.20. The molecule has 1 N–H and O–H groups in total. The van der Waals surface area contributed by atoms with Crippen molar-refractivity contribution in [3.8, 4) is 5.75 Å². The minimum atomic E-state index is -3.59. The summed E-state index contributed by atoms with van der Waals surface area (Å²) in [6, 6.07) is 4.48. The maximum Gasteiger partial charge on any atom is 0.255 e. The summed E-state index contributed by atoms with van der Waals surface area (Å²) >= 11 is 0. The smallest absolute Gasteiger partial charge is 0.255 e. The molecular weight excluding hydrogens is 328 g/mol. The van der Waals surface area contributed by atoms with E-state index in [1.807, 2.05) is 6.92 Å². The van der Waals surface area contributed by atoms with E-state index >= 15 is 0 Å². The van der Waals surface area contributed by atoms with E-state index in [-0.39, 0.29) is 16.4 Å². The third-order valence-corrected chi connectivity index (χ3v) is 6.05. The number of benzene rings is 1. The summed E-state index contributed by atoms with van der Waals surface area (Å²) in [4.78, 5) is 12.4. The second-order valence-electron chi connectivity index (χ2n) is 5.94. The maximum absolute atomic E-state index is 12.9. The molecule has 0 unspecified atom stereocenters. The molecule has 0 atom stereocenters. The molecule has 1 aromatic rings. The minimum Gasteiger partial charge on any atom is -0.496 e. The van der Waals surface area contributed by atoms with Crippen LogP contribution in [0.4, 0.5) is 0 Å². The number of methoxy groups -OCH3 is 1. The lowest BCUT2D eigenvalue weighted by Crippen LogP contribution is -2.32. The van der Waals surface area contributed by atoms with Crippen molar-refractivity contribution >= 4 is 15.9 Å². The normalized spacial score (nSPS) is 16.4. The van der Waals surface area contributed by atoms with Gasteiger partial charge >= 0.3 is 0 Å². The van der Waals surface area contributed by atoms with Gasteiger partial charge < -0.3 is 10.1 Å². The average Bonchev–Trinajstić information content (AvgIpc) is 2.89. The standard InChI is InChI=1S/C17H26N2O4S/c1-3-10-18-17(20)15-13-14(8-9-16(15)23-2)24(21,22)19-11-6-4-5-7-12-19/h8-9,13H,3-7,10-12H2,1-2H3,(H,18,20). The lowest BCUT2D eigenvalue weighted by molar-refractivity contribution is 0.0950. The predicted octanol–water partition coefficient (Wildman–Crippen LogP) is 2.40. The molecule has 0 bridgehead atoms. The Bertz CT molecular complexity index is 665. The van der Waals surface area contributed by atoms with E-state index in [0.29, 0.717) is 25.4 Å². The Morgan fingerprint density at radius 1 is 1.21 bits per heavy atom. The van der Waals surface area contributed by atoms with Crippen LogP contribution in [-0.2, 0) is 10.0 Å². The molecule has 7 heteroatoms. The van der Waals surface area contributed by atoms with Gasteiger partial charge in [-0.25, -0.2) is 8.42 Å². The number of sulfonamides is 1. The fourth-order valence-corrected chi connectivity index (χ4v) is 4.33. The number of hydrogen-bond acceptors (Lipinski definition) is 4.